The van der Waals surface area contributed by atoms with Crippen molar-refractivity contribution in [1.82, 2.24) is 0 Å². The molecule has 0 atom stereocenters. The molecule has 0 radical (unpaired) electrons. The van der Waals surface area contributed by atoms with Crippen LogP contribution < -0.4 is 10.1 Å². The third kappa shape index (κ3) is 3.43. The average molecular weight is 391 g/mol. The number of phenolic OH excluding ortho intramolecular Hbond substituents is 1. The standard InChI is InChI=1S/C14H10BrCl2NO3/c1-21-7-2-5-11(19)8(6-7)14(20)18-10-4-3-9(15)12(16)13(10)17/h2-6,19H,1H3,(H,18,20). The summed E-state index contributed by atoms with van der Waals surface area (Å²) in [5, 5.41) is 12.9. The molecule has 0 saturated heterocycles. The second kappa shape index (κ2) is 6.56. The van der Waals surface area contributed by atoms with E-state index in [4.69, 9.17) is 27.9 Å². The lowest BCUT2D eigenvalue weighted by molar-refractivity contribution is 0.102. The molecule has 7 heteroatoms. The Morgan fingerprint density at radius 3 is 2.62 bits per heavy atom. The van der Waals surface area contributed by atoms with Crippen molar-refractivity contribution in [3.8, 4) is 11.5 Å². The number of carbonyl (C=O) groups excluding carboxylic acids is 1. The van der Waals surface area contributed by atoms with E-state index < -0.39 is 5.91 Å². The number of ether oxygens (including phenoxy) is 1. The Morgan fingerprint density at radius 1 is 1.24 bits per heavy atom. The van der Waals surface area contributed by atoms with Gasteiger partial charge in [-0.15, -0.1) is 0 Å². The maximum atomic E-state index is 12.2. The molecule has 2 N–H and O–H groups in total. The van der Waals surface area contributed by atoms with Crippen molar-refractivity contribution in [1.29, 1.82) is 0 Å². The quantitative estimate of drug-likeness (QED) is 0.745. The highest BCUT2D eigenvalue weighted by molar-refractivity contribution is 9.10. The molecule has 1 amide bonds. The molecule has 4 nitrogen and oxygen atoms in total. The van der Waals surface area contributed by atoms with Gasteiger partial charge in [0.15, 0.2) is 0 Å². The van der Waals surface area contributed by atoms with E-state index in [0.717, 1.165) is 0 Å². The van der Waals surface area contributed by atoms with Crippen molar-refractivity contribution in [3.05, 3.63) is 50.4 Å². The summed E-state index contributed by atoms with van der Waals surface area (Å²) in [5.74, 6) is -0.225. The molecule has 0 bridgehead atoms. The molecule has 0 aromatic heterocycles. The van der Waals surface area contributed by atoms with Crippen LogP contribution in [-0.2, 0) is 0 Å². The molecule has 0 saturated carbocycles. The third-order valence-electron chi connectivity index (χ3n) is 2.73. The summed E-state index contributed by atoms with van der Waals surface area (Å²) in [6.07, 6.45) is 0. The van der Waals surface area contributed by atoms with Crippen molar-refractivity contribution in [3.63, 3.8) is 0 Å². The van der Waals surface area contributed by atoms with Gasteiger partial charge < -0.3 is 15.2 Å². The largest absolute Gasteiger partial charge is 0.507 e. The van der Waals surface area contributed by atoms with Crippen LogP contribution in [0.1, 0.15) is 10.4 Å². The topological polar surface area (TPSA) is 58.6 Å². The molecule has 0 fully saturated rings. The highest BCUT2D eigenvalue weighted by Crippen LogP contribution is 2.36. The Bertz CT molecular complexity index is 707. The Balaban J connectivity index is 2.32. The Labute approximate surface area is 139 Å². The van der Waals surface area contributed by atoms with Crippen LogP contribution in [0.2, 0.25) is 10.0 Å². The number of methoxy groups -OCH3 is 1. The van der Waals surface area contributed by atoms with Crippen LogP contribution in [0.4, 0.5) is 5.69 Å². The summed E-state index contributed by atoms with van der Waals surface area (Å²) in [6.45, 7) is 0. The molecule has 110 valence electrons. The minimum atomic E-state index is -0.522. The first-order valence-electron chi connectivity index (χ1n) is 5.76. The van der Waals surface area contributed by atoms with Crippen LogP contribution in [0.5, 0.6) is 11.5 Å². The monoisotopic (exact) mass is 389 g/mol. The van der Waals surface area contributed by atoms with Gasteiger partial charge in [-0.3, -0.25) is 4.79 Å². The molecule has 0 unspecified atom stereocenters. The van der Waals surface area contributed by atoms with Gasteiger partial charge in [-0.2, -0.15) is 0 Å². The van der Waals surface area contributed by atoms with Gasteiger partial charge in [-0.1, -0.05) is 23.2 Å². The predicted octanol–water partition coefficient (Wildman–Crippen LogP) is 4.72. The van der Waals surface area contributed by atoms with Crippen molar-refractivity contribution in [2.24, 2.45) is 0 Å². The molecule has 0 aliphatic carbocycles. The molecule has 2 rings (SSSR count). The SMILES string of the molecule is COc1ccc(O)c(C(=O)Nc2ccc(Br)c(Cl)c2Cl)c1. The Hall–Kier alpha value is -1.43. The first-order valence-corrected chi connectivity index (χ1v) is 7.30. The normalized spacial score (nSPS) is 10.3. The number of nitrogens with one attached hydrogen (secondary N) is 1. The minimum absolute atomic E-state index is 0.0736. The van der Waals surface area contributed by atoms with Gasteiger partial charge >= 0.3 is 0 Å². The molecule has 21 heavy (non-hydrogen) atoms. The fourth-order valence-electron chi connectivity index (χ4n) is 1.64. The number of amides is 1. The molecular formula is C14H10BrCl2NO3. The molecule has 0 aliphatic rings. The lowest BCUT2D eigenvalue weighted by Gasteiger charge is -2.11. The molecule has 0 heterocycles. The minimum Gasteiger partial charge on any atom is -0.507 e. The lowest BCUT2D eigenvalue weighted by atomic mass is 10.1. The van der Waals surface area contributed by atoms with Crippen molar-refractivity contribution < 1.29 is 14.6 Å². The van der Waals surface area contributed by atoms with Crippen LogP contribution in [0.3, 0.4) is 0 Å². The van der Waals surface area contributed by atoms with E-state index in [0.29, 0.717) is 20.9 Å². The van der Waals surface area contributed by atoms with Crippen LogP contribution in [0.25, 0.3) is 0 Å². The summed E-state index contributed by atoms with van der Waals surface area (Å²) >= 11 is 15.3. The number of hydrogen-bond donors (Lipinski definition) is 2. The van der Waals surface area contributed by atoms with Crippen molar-refractivity contribution >= 4 is 50.7 Å². The van der Waals surface area contributed by atoms with Crippen molar-refractivity contribution in [2.75, 3.05) is 12.4 Å². The van der Waals surface area contributed by atoms with Crippen LogP contribution in [-0.4, -0.2) is 18.1 Å². The maximum Gasteiger partial charge on any atom is 0.259 e. The fourth-order valence-corrected chi connectivity index (χ4v) is 2.46. The van der Waals surface area contributed by atoms with Crippen LogP contribution in [0.15, 0.2) is 34.8 Å². The summed E-state index contributed by atoms with van der Waals surface area (Å²) in [5.41, 5.74) is 0.418. The number of hydrogen-bond acceptors (Lipinski definition) is 3. The summed E-state index contributed by atoms with van der Waals surface area (Å²) in [4.78, 5) is 12.2. The smallest absolute Gasteiger partial charge is 0.259 e. The van der Waals surface area contributed by atoms with E-state index in [1.54, 1.807) is 18.2 Å². The highest BCUT2D eigenvalue weighted by atomic mass is 79.9. The van der Waals surface area contributed by atoms with Gasteiger partial charge in [0.05, 0.1) is 28.4 Å². The number of anilines is 1. The van der Waals surface area contributed by atoms with Gasteiger partial charge in [-0.05, 0) is 46.3 Å². The van der Waals surface area contributed by atoms with Crippen molar-refractivity contribution in [2.45, 2.75) is 0 Å². The molecule has 0 spiro atoms. The average Bonchev–Trinajstić information content (AvgIpc) is 2.48. The second-order valence-corrected chi connectivity index (χ2v) is 5.67. The summed E-state index contributed by atoms with van der Waals surface area (Å²) in [7, 11) is 1.47. The van der Waals surface area contributed by atoms with Gasteiger partial charge in [0.2, 0.25) is 0 Å². The predicted molar refractivity (Wildman–Crippen MR) is 86.8 cm³/mol. The number of halogens is 3. The lowest BCUT2D eigenvalue weighted by Crippen LogP contribution is -2.12. The number of benzene rings is 2. The number of phenols is 1. The first-order chi connectivity index (χ1) is 9.93. The van der Waals surface area contributed by atoms with Gasteiger partial charge in [-0.25, -0.2) is 0 Å². The number of aromatic hydroxyl groups is 1. The summed E-state index contributed by atoms with van der Waals surface area (Å²) < 4.78 is 5.65. The Morgan fingerprint density at radius 2 is 1.95 bits per heavy atom. The molecule has 2 aromatic rings. The van der Waals surface area contributed by atoms with Crippen LogP contribution in [0, 0.1) is 0 Å². The Kier molecular flexibility index (Phi) is 4.98. The van der Waals surface area contributed by atoms with E-state index >= 15 is 0 Å². The van der Waals surface area contributed by atoms with E-state index in [1.807, 2.05) is 0 Å². The number of carbonyl (C=O) groups is 1. The van der Waals surface area contributed by atoms with E-state index in [-0.39, 0.29) is 16.3 Å². The van der Waals surface area contributed by atoms with E-state index in [1.165, 1.54) is 19.2 Å². The van der Waals surface area contributed by atoms with Gasteiger partial charge in [0, 0.05) is 4.47 Å². The fraction of sp³-hybridized carbons (Fsp3) is 0.0714. The second-order valence-electron chi connectivity index (χ2n) is 4.06. The zero-order valence-electron chi connectivity index (χ0n) is 10.8. The van der Waals surface area contributed by atoms with Crippen LogP contribution >= 0.6 is 39.1 Å². The zero-order valence-corrected chi connectivity index (χ0v) is 13.9. The third-order valence-corrected chi connectivity index (χ3v) is 4.50. The van der Waals surface area contributed by atoms with Gasteiger partial charge in [0.25, 0.3) is 5.91 Å². The number of rotatable bonds is 3. The first kappa shape index (κ1) is 15.9. The van der Waals surface area contributed by atoms with E-state index in [9.17, 15) is 9.90 Å². The van der Waals surface area contributed by atoms with E-state index in [2.05, 4.69) is 21.2 Å². The highest BCUT2D eigenvalue weighted by Gasteiger charge is 2.16. The maximum absolute atomic E-state index is 12.2. The summed E-state index contributed by atoms with van der Waals surface area (Å²) in [6, 6.07) is 7.63. The molecule has 0 aliphatic heterocycles. The molecular weight excluding hydrogens is 381 g/mol. The molecule has 2 aromatic carbocycles. The van der Waals surface area contributed by atoms with Gasteiger partial charge in [0.1, 0.15) is 11.5 Å². The zero-order chi connectivity index (χ0) is 15.6.